The summed E-state index contributed by atoms with van der Waals surface area (Å²) in [7, 11) is 0. The first kappa shape index (κ1) is 20.5. The molecular formula is C20H25N5O4. The Labute approximate surface area is 168 Å². The first-order chi connectivity index (χ1) is 13.6. The number of nitrogens with one attached hydrogen (secondary N) is 1. The van der Waals surface area contributed by atoms with Crippen molar-refractivity contribution in [3.63, 3.8) is 0 Å². The van der Waals surface area contributed by atoms with Crippen LogP contribution in [0.15, 0.2) is 24.3 Å². The van der Waals surface area contributed by atoms with Gasteiger partial charge in [0.15, 0.2) is 5.82 Å². The molecule has 29 heavy (non-hydrogen) atoms. The van der Waals surface area contributed by atoms with Gasteiger partial charge in [-0.25, -0.2) is 4.79 Å². The number of carboxylic acid groups (broad SMARTS) is 1. The van der Waals surface area contributed by atoms with Crippen molar-refractivity contribution in [1.82, 2.24) is 25.0 Å². The Morgan fingerprint density at radius 3 is 2.41 bits per heavy atom. The topological polar surface area (TPSA) is 117 Å². The fourth-order valence-electron chi connectivity index (χ4n) is 3.27. The summed E-state index contributed by atoms with van der Waals surface area (Å²) in [6.45, 7) is 7.81. The van der Waals surface area contributed by atoms with Gasteiger partial charge in [-0.15, -0.1) is 10.2 Å². The van der Waals surface area contributed by atoms with Gasteiger partial charge in [-0.05, 0) is 30.0 Å². The van der Waals surface area contributed by atoms with Crippen molar-refractivity contribution in [1.29, 1.82) is 0 Å². The molecule has 0 aliphatic carbocycles. The smallest absolute Gasteiger partial charge is 0.328 e. The molecule has 3 rings (SSSR count). The summed E-state index contributed by atoms with van der Waals surface area (Å²) in [5, 5.41) is 20.0. The minimum absolute atomic E-state index is 0.0238. The number of aryl methyl sites for hydroxylation is 1. The number of amides is 2. The predicted octanol–water partition coefficient (Wildman–Crippen LogP) is 1.11. The molecule has 1 aromatic heterocycles. The number of fused-ring (bicyclic) bond motifs is 1. The molecular weight excluding hydrogens is 374 g/mol. The number of aromatic nitrogens is 3. The summed E-state index contributed by atoms with van der Waals surface area (Å²) in [4.78, 5) is 37.9. The van der Waals surface area contributed by atoms with E-state index >= 15 is 0 Å². The van der Waals surface area contributed by atoms with Gasteiger partial charge in [-0.3, -0.25) is 9.59 Å². The lowest BCUT2D eigenvalue weighted by Crippen LogP contribution is -2.53. The van der Waals surface area contributed by atoms with Gasteiger partial charge in [0.25, 0.3) is 5.91 Å². The number of aliphatic carboxylic acids is 1. The second kappa shape index (κ2) is 7.65. The SMILES string of the molecule is Cc1nnc2n1CC(C(=O)O)N(C(=O)CNC(=O)c1ccc(C(C)(C)C)cc1)C2. The molecule has 9 heteroatoms. The standard InChI is InChI=1S/C20H25N5O4/c1-12-22-23-16-11-25(15(19(28)29)10-24(12)16)17(26)9-21-18(27)13-5-7-14(8-6-13)20(2,3)4/h5-8,15H,9-11H2,1-4H3,(H,21,27)(H,28,29). The summed E-state index contributed by atoms with van der Waals surface area (Å²) >= 11 is 0. The average Bonchev–Trinajstić information content (AvgIpc) is 3.04. The maximum absolute atomic E-state index is 12.6. The van der Waals surface area contributed by atoms with Gasteiger partial charge in [-0.1, -0.05) is 32.9 Å². The van der Waals surface area contributed by atoms with Crippen LogP contribution in [-0.2, 0) is 28.1 Å². The second-order valence-corrected chi connectivity index (χ2v) is 8.16. The van der Waals surface area contributed by atoms with Crippen molar-refractivity contribution in [3.05, 3.63) is 47.0 Å². The number of nitrogens with zero attached hydrogens (tertiary/aromatic N) is 4. The molecule has 0 radical (unpaired) electrons. The summed E-state index contributed by atoms with van der Waals surface area (Å²) in [5.74, 6) is -0.852. The van der Waals surface area contributed by atoms with E-state index in [0.29, 0.717) is 17.2 Å². The minimum Gasteiger partial charge on any atom is -0.480 e. The summed E-state index contributed by atoms with van der Waals surface area (Å²) < 4.78 is 1.69. The zero-order valence-electron chi connectivity index (χ0n) is 17.0. The molecule has 2 aromatic rings. The highest BCUT2D eigenvalue weighted by Crippen LogP contribution is 2.22. The van der Waals surface area contributed by atoms with E-state index in [1.807, 2.05) is 12.1 Å². The van der Waals surface area contributed by atoms with Crippen LogP contribution in [0.2, 0.25) is 0 Å². The molecule has 1 aromatic carbocycles. The first-order valence-corrected chi connectivity index (χ1v) is 9.37. The molecule has 0 saturated heterocycles. The molecule has 9 nitrogen and oxygen atoms in total. The van der Waals surface area contributed by atoms with Crippen molar-refractivity contribution in [2.75, 3.05) is 6.54 Å². The number of carbonyl (C=O) groups is 3. The van der Waals surface area contributed by atoms with Crippen LogP contribution >= 0.6 is 0 Å². The Morgan fingerprint density at radius 1 is 1.17 bits per heavy atom. The minimum atomic E-state index is -1.11. The number of benzene rings is 1. The van der Waals surface area contributed by atoms with Crippen LogP contribution in [0.3, 0.4) is 0 Å². The highest BCUT2D eigenvalue weighted by molar-refractivity contribution is 5.97. The third-order valence-corrected chi connectivity index (χ3v) is 5.07. The number of hydrogen-bond donors (Lipinski definition) is 2. The predicted molar refractivity (Wildman–Crippen MR) is 104 cm³/mol. The summed E-state index contributed by atoms with van der Waals surface area (Å²) in [5.41, 5.74) is 1.51. The zero-order valence-corrected chi connectivity index (χ0v) is 17.0. The normalized spacial score (nSPS) is 16.3. The molecule has 2 N–H and O–H groups in total. The Bertz CT molecular complexity index is 943. The van der Waals surface area contributed by atoms with E-state index in [1.165, 1.54) is 4.90 Å². The third kappa shape index (κ3) is 4.28. The second-order valence-electron chi connectivity index (χ2n) is 8.16. The van der Waals surface area contributed by atoms with E-state index in [9.17, 15) is 19.5 Å². The van der Waals surface area contributed by atoms with E-state index in [1.54, 1.807) is 23.6 Å². The number of carboxylic acids is 1. The number of rotatable bonds is 4. The summed E-state index contributed by atoms with van der Waals surface area (Å²) in [6, 6.07) is 6.17. The van der Waals surface area contributed by atoms with Gasteiger partial charge >= 0.3 is 5.97 Å². The molecule has 1 unspecified atom stereocenters. The van der Waals surface area contributed by atoms with Crippen LogP contribution in [0.1, 0.15) is 48.3 Å². The Hall–Kier alpha value is -3.23. The van der Waals surface area contributed by atoms with Crippen molar-refractivity contribution in [2.45, 2.75) is 52.2 Å². The van der Waals surface area contributed by atoms with Crippen molar-refractivity contribution in [3.8, 4) is 0 Å². The average molecular weight is 399 g/mol. The molecule has 0 saturated carbocycles. The van der Waals surface area contributed by atoms with E-state index in [2.05, 4.69) is 36.3 Å². The molecule has 1 aliphatic rings. The molecule has 0 bridgehead atoms. The molecule has 0 fully saturated rings. The largest absolute Gasteiger partial charge is 0.480 e. The molecule has 0 spiro atoms. The van der Waals surface area contributed by atoms with Crippen molar-refractivity contribution >= 4 is 17.8 Å². The lowest BCUT2D eigenvalue weighted by molar-refractivity contribution is -0.152. The lowest BCUT2D eigenvalue weighted by Gasteiger charge is -2.33. The highest BCUT2D eigenvalue weighted by Gasteiger charge is 2.36. The fraction of sp³-hybridized carbons (Fsp3) is 0.450. The molecule has 2 amide bonds. The van der Waals surface area contributed by atoms with Crippen LogP contribution < -0.4 is 5.32 Å². The third-order valence-electron chi connectivity index (χ3n) is 5.07. The van der Waals surface area contributed by atoms with Gasteiger partial charge in [0, 0.05) is 5.56 Å². The number of carbonyl (C=O) groups excluding carboxylic acids is 2. The van der Waals surface area contributed by atoms with Gasteiger partial charge in [-0.2, -0.15) is 0 Å². The van der Waals surface area contributed by atoms with Crippen molar-refractivity contribution in [2.24, 2.45) is 0 Å². The Morgan fingerprint density at radius 2 is 1.83 bits per heavy atom. The lowest BCUT2D eigenvalue weighted by atomic mass is 9.87. The van der Waals surface area contributed by atoms with Crippen LogP contribution in [-0.4, -0.2) is 55.1 Å². The van der Waals surface area contributed by atoms with Crippen molar-refractivity contribution < 1.29 is 19.5 Å². The van der Waals surface area contributed by atoms with Gasteiger partial charge < -0.3 is 19.9 Å². The van der Waals surface area contributed by atoms with Gasteiger partial charge in [0.2, 0.25) is 5.91 Å². The van der Waals surface area contributed by atoms with Crippen LogP contribution in [0.5, 0.6) is 0 Å². The van der Waals surface area contributed by atoms with E-state index < -0.39 is 17.9 Å². The maximum atomic E-state index is 12.6. The highest BCUT2D eigenvalue weighted by atomic mass is 16.4. The summed E-state index contributed by atoms with van der Waals surface area (Å²) in [6.07, 6.45) is 0. The van der Waals surface area contributed by atoms with Gasteiger partial charge in [0.1, 0.15) is 11.9 Å². The van der Waals surface area contributed by atoms with E-state index in [0.717, 1.165) is 5.56 Å². The van der Waals surface area contributed by atoms with Gasteiger partial charge in [0.05, 0.1) is 19.6 Å². The van der Waals surface area contributed by atoms with Crippen LogP contribution in [0.25, 0.3) is 0 Å². The Balaban J connectivity index is 1.66. The van der Waals surface area contributed by atoms with E-state index in [4.69, 9.17) is 0 Å². The number of hydrogen-bond acceptors (Lipinski definition) is 5. The molecule has 1 atom stereocenters. The molecule has 2 heterocycles. The van der Waals surface area contributed by atoms with Crippen LogP contribution in [0, 0.1) is 6.92 Å². The maximum Gasteiger partial charge on any atom is 0.328 e. The first-order valence-electron chi connectivity index (χ1n) is 9.37. The monoisotopic (exact) mass is 399 g/mol. The molecule has 154 valence electrons. The quantitative estimate of drug-likeness (QED) is 0.795. The van der Waals surface area contributed by atoms with Crippen LogP contribution in [0.4, 0.5) is 0 Å². The van der Waals surface area contributed by atoms with E-state index in [-0.39, 0.29) is 31.0 Å². The Kier molecular flexibility index (Phi) is 5.41. The molecule has 1 aliphatic heterocycles. The zero-order chi connectivity index (χ0) is 21.3. The fourth-order valence-corrected chi connectivity index (χ4v) is 3.27.